The normalized spacial score (nSPS) is 47.6. The number of nitrogens with two attached hydrogens (primary N) is 1. The Morgan fingerprint density at radius 2 is 1.62 bits per heavy atom. The van der Waals surface area contributed by atoms with E-state index < -0.39 is 0 Å². The molecule has 0 aromatic carbocycles. The zero-order chi connectivity index (χ0) is 9.16. The molecule has 3 aliphatic rings. The molecule has 2 unspecified atom stereocenters. The summed E-state index contributed by atoms with van der Waals surface area (Å²) in [6.45, 7) is 0. The van der Waals surface area contributed by atoms with E-state index in [1.54, 1.807) is 0 Å². The van der Waals surface area contributed by atoms with Crippen LogP contribution >= 0.6 is 0 Å². The SMILES string of the molecule is NC1CC1N1C(=O)[C@H]2CC[C@H]2C1=O. The number of rotatable bonds is 1. The molecule has 3 rings (SSSR count). The van der Waals surface area contributed by atoms with E-state index in [1.807, 2.05) is 0 Å². The first-order chi connectivity index (χ1) is 6.20. The van der Waals surface area contributed by atoms with Crippen molar-refractivity contribution in [2.45, 2.75) is 31.3 Å². The molecule has 70 valence electrons. The quantitative estimate of drug-likeness (QED) is 0.552. The molecule has 0 bridgehead atoms. The van der Waals surface area contributed by atoms with Crippen molar-refractivity contribution in [2.24, 2.45) is 17.6 Å². The lowest BCUT2D eigenvalue weighted by Gasteiger charge is -2.24. The Morgan fingerprint density at radius 1 is 1.15 bits per heavy atom. The Labute approximate surface area is 76.1 Å². The van der Waals surface area contributed by atoms with Crippen LogP contribution in [-0.2, 0) is 9.59 Å². The smallest absolute Gasteiger partial charge is 0.233 e. The fraction of sp³-hybridized carbons (Fsp3) is 0.778. The van der Waals surface area contributed by atoms with E-state index in [0.717, 1.165) is 19.3 Å². The highest BCUT2D eigenvalue weighted by Gasteiger charge is 2.58. The second-order valence-electron chi connectivity index (χ2n) is 4.30. The first-order valence-corrected chi connectivity index (χ1v) is 4.82. The zero-order valence-electron chi connectivity index (χ0n) is 7.27. The molecule has 1 heterocycles. The molecule has 0 radical (unpaired) electrons. The van der Waals surface area contributed by atoms with E-state index in [2.05, 4.69) is 0 Å². The van der Waals surface area contributed by atoms with Crippen LogP contribution in [-0.4, -0.2) is 28.8 Å². The molecule has 4 atom stereocenters. The van der Waals surface area contributed by atoms with E-state index >= 15 is 0 Å². The number of carbonyl (C=O) groups excluding carboxylic acids is 2. The van der Waals surface area contributed by atoms with Crippen molar-refractivity contribution in [1.29, 1.82) is 0 Å². The van der Waals surface area contributed by atoms with Gasteiger partial charge in [-0.05, 0) is 19.3 Å². The molecule has 2 saturated carbocycles. The minimum atomic E-state index is 0.0142. The van der Waals surface area contributed by atoms with Crippen molar-refractivity contribution in [3.05, 3.63) is 0 Å². The number of likely N-dealkylation sites (tertiary alicyclic amines) is 1. The third kappa shape index (κ3) is 0.790. The molecular weight excluding hydrogens is 168 g/mol. The van der Waals surface area contributed by atoms with Gasteiger partial charge in [-0.15, -0.1) is 0 Å². The van der Waals surface area contributed by atoms with Gasteiger partial charge in [-0.1, -0.05) is 0 Å². The third-order valence-electron chi connectivity index (χ3n) is 3.52. The average molecular weight is 180 g/mol. The van der Waals surface area contributed by atoms with Gasteiger partial charge >= 0.3 is 0 Å². The van der Waals surface area contributed by atoms with Crippen LogP contribution in [0.4, 0.5) is 0 Å². The molecule has 13 heavy (non-hydrogen) atoms. The summed E-state index contributed by atoms with van der Waals surface area (Å²) < 4.78 is 0. The highest BCUT2D eigenvalue weighted by molar-refractivity contribution is 6.06. The summed E-state index contributed by atoms with van der Waals surface area (Å²) in [5.74, 6) is 0.110. The van der Waals surface area contributed by atoms with Gasteiger partial charge < -0.3 is 5.73 Å². The molecular formula is C9H12N2O2. The van der Waals surface area contributed by atoms with Crippen LogP contribution in [0.5, 0.6) is 0 Å². The third-order valence-corrected chi connectivity index (χ3v) is 3.52. The summed E-state index contributed by atoms with van der Waals surface area (Å²) in [4.78, 5) is 24.7. The van der Waals surface area contributed by atoms with Gasteiger partial charge in [0.15, 0.2) is 0 Å². The molecule has 2 aliphatic carbocycles. The second kappa shape index (κ2) is 2.12. The predicted molar refractivity (Wildman–Crippen MR) is 44.4 cm³/mol. The maximum atomic E-state index is 11.7. The number of imide groups is 1. The van der Waals surface area contributed by atoms with Crippen LogP contribution in [0.1, 0.15) is 19.3 Å². The lowest BCUT2D eigenvalue weighted by atomic mass is 9.76. The summed E-state index contributed by atoms with van der Waals surface area (Å²) in [6, 6.07) is 0.0796. The molecule has 0 aromatic rings. The van der Waals surface area contributed by atoms with Crippen molar-refractivity contribution >= 4 is 11.8 Å². The van der Waals surface area contributed by atoms with Gasteiger partial charge in [0.2, 0.25) is 11.8 Å². The van der Waals surface area contributed by atoms with Crippen LogP contribution in [0, 0.1) is 11.8 Å². The monoisotopic (exact) mass is 180 g/mol. The van der Waals surface area contributed by atoms with Gasteiger partial charge in [-0.3, -0.25) is 14.5 Å². The molecule has 0 spiro atoms. The molecule has 3 fully saturated rings. The van der Waals surface area contributed by atoms with Crippen molar-refractivity contribution in [2.75, 3.05) is 0 Å². The van der Waals surface area contributed by atoms with Gasteiger partial charge in [0.05, 0.1) is 17.9 Å². The molecule has 1 saturated heterocycles. The fourth-order valence-electron chi connectivity index (χ4n) is 2.38. The number of nitrogens with zero attached hydrogens (tertiary/aromatic N) is 1. The summed E-state index contributed by atoms with van der Waals surface area (Å²) in [7, 11) is 0. The van der Waals surface area contributed by atoms with Crippen molar-refractivity contribution in [1.82, 2.24) is 4.90 Å². The summed E-state index contributed by atoms with van der Waals surface area (Å²) in [6.07, 6.45) is 2.60. The lowest BCUT2D eigenvalue weighted by molar-refractivity contribution is -0.140. The van der Waals surface area contributed by atoms with E-state index in [-0.39, 0.29) is 35.7 Å². The first-order valence-electron chi connectivity index (χ1n) is 4.82. The van der Waals surface area contributed by atoms with Crippen LogP contribution in [0.3, 0.4) is 0 Å². The van der Waals surface area contributed by atoms with Crippen molar-refractivity contribution in [3.63, 3.8) is 0 Å². The van der Waals surface area contributed by atoms with Crippen molar-refractivity contribution < 1.29 is 9.59 Å². The molecule has 2 N–H and O–H groups in total. The topological polar surface area (TPSA) is 63.4 Å². The van der Waals surface area contributed by atoms with Crippen LogP contribution < -0.4 is 5.73 Å². The van der Waals surface area contributed by atoms with Crippen molar-refractivity contribution in [3.8, 4) is 0 Å². The van der Waals surface area contributed by atoms with E-state index in [1.165, 1.54) is 4.90 Å². The summed E-state index contributed by atoms with van der Waals surface area (Å²) >= 11 is 0. The summed E-state index contributed by atoms with van der Waals surface area (Å²) in [5.41, 5.74) is 5.64. The lowest BCUT2D eigenvalue weighted by Crippen LogP contribution is -2.35. The highest BCUT2D eigenvalue weighted by atomic mass is 16.2. The minimum absolute atomic E-state index is 0.0142. The molecule has 4 nitrogen and oxygen atoms in total. The van der Waals surface area contributed by atoms with E-state index in [9.17, 15) is 9.59 Å². The first kappa shape index (κ1) is 7.50. The fourth-order valence-corrected chi connectivity index (χ4v) is 2.38. The van der Waals surface area contributed by atoms with Crippen LogP contribution in [0.2, 0.25) is 0 Å². The van der Waals surface area contributed by atoms with Gasteiger partial charge in [-0.25, -0.2) is 0 Å². The van der Waals surface area contributed by atoms with Gasteiger partial charge in [0.25, 0.3) is 0 Å². The van der Waals surface area contributed by atoms with Crippen LogP contribution in [0.15, 0.2) is 0 Å². The van der Waals surface area contributed by atoms with Gasteiger partial charge in [0, 0.05) is 6.04 Å². The zero-order valence-corrected chi connectivity index (χ0v) is 7.27. The maximum Gasteiger partial charge on any atom is 0.233 e. The Bertz CT molecular complexity index is 280. The number of hydrogen-bond acceptors (Lipinski definition) is 3. The molecule has 0 aromatic heterocycles. The number of carbonyl (C=O) groups is 2. The average Bonchev–Trinajstić information content (AvgIpc) is 2.60. The Balaban J connectivity index is 1.87. The predicted octanol–water partition coefficient (Wildman–Crippen LogP) is -0.519. The number of fused-ring (bicyclic) bond motifs is 1. The Morgan fingerprint density at radius 3 is 1.92 bits per heavy atom. The molecule has 4 heteroatoms. The van der Waals surface area contributed by atoms with E-state index in [0.29, 0.717) is 0 Å². The number of amides is 2. The van der Waals surface area contributed by atoms with E-state index in [4.69, 9.17) is 5.73 Å². The Hall–Kier alpha value is -0.900. The largest absolute Gasteiger partial charge is 0.326 e. The van der Waals surface area contributed by atoms with Gasteiger partial charge in [-0.2, -0.15) is 0 Å². The minimum Gasteiger partial charge on any atom is -0.326 e. The summed E-state index contributed by atoms with van der Waals surface area (Å²) in [5, 5.41) is 0. The molecule has 1 aliphatic heterocycles. The van der Waals surface area contributed by atoms with Gasteiger partial charge in [0.1, 0.15) is 0 Å². The standard InChI is InChI=1S/C9H12N2O2/c10-6-3-7(6)11-8(12)4-1-2-5(4)9(11)13/h4-7H,1-3,10H2/t4-,5+,6?,7?. The highest BCUT2D eigenvalue weighted by Crippen LogP contribution is 2.45. The second-order valence-corrected chi connectivity index (χ2v) is 4.30. The van der Waals surface area contributed by atoms with Crippen LogP contribution in [0.25, 0.3) is 0 Å². The number of hydrogen-bond donors (Lipinski definition) is 1. The molecule has 2 amide bonds. The maximum absolute atomic E-state index is 11.7. The Kier molecular flexibility index (Phi) is 1.22.